The molecule has 2 saturated heterocycles. The minimum absolute atomic E-state index is 0.00804. The summed E-state index contributed by atoms with van der Waals surface area (Å²) >= 11 is 0. The lowest BCUT2D eigenvalue weighted by atomic mass is 9.82. The van der Waals surface area contributed by atoms with E-state index < -0.39 is 18.1 Å². The fraction of sp³-hybridized carbons (Fsp3) is 0.909. The van der Waals surface area contributed by atoms with E-state index in [9.17, 15) is 13.6 Å². The van der Waals surface area contributed by atoms with Gasteiger partial charge in [-0.05, 0) is 19.8 Å². The summed E-state index contributed by atoms with van der Waals surface area (Å²) in [5.41, 5.74) is -0.492. The molecule has 0 spiro atoms. The fourth-order valence-electron chi connectivity index (χ4n) is 2.32. The average molecular weight is 249 g/mol. The van der Waals surface area contributed by atoms with Crippen LogP contribution < -0.4 is 0 Å². The van der Waals surface area contributed by atoms with Crippen molar-refractivity contribution < 1.29 is 23.0 Å². The molecule has 2 aliphatic rings. The van der Waals surface area contributed by atoms with Crippen LogP contribution in [0.3, 0.4) is 0 Å². The van der Waals surface area contributed by atoms with Crippen LogP contribution in [0.4, 0.5) is 8.78 Å². The number of halogens is 2. The molecular formula is C11H17F2NO3. The number of alkyl halides is 2. The summed E-state index contributed by atoms with van der Waals surface area (Å²) in [6.07, 6.45) is 1.14. The maximum absolute atomic E-state index is 12.1. The van der Waals surface area contributed by atoms with Crippen LogP contribution in [0.1, 0.15) is 19.8 Å². The van der Waals surface area contributed by atoms with E-state index >= 15 is 0 Å². The van der Waals surface area contributed by atoms with E-state index in [0.29, 0.717) is 13.2 Å². The largest absolute Gasteiger partial charge is 0.380 e. The number of carbonyl (C=O) groups is 1. The quantitative estimate of drug-likeness (QED) is 0.755. The first-order valence-corrected chi connectivity index (χ1v) is 5.82. The summed E-state index contributed by atoms with van der Waals surface area (Å²) < 4.78 is 33.5. The molecule has 2 fully saturated rings. The Morgan fingerprint density at radius 2 is 2.24 bits per heavy atom. The topological polar surface area (TPSA) is 38.8 Å². The molecule has 4 nitrogen and oxygen atoms in total. The standard InChI is InChI=1S/C11H17F2NO3/c1-11(3-2-4-16-7-11)9(15)14-5-8(6-14)17-10(12)13/h8,10H,2-7H2,1H3. The van der Waals surface area contributed by atoms with Crippen LogP contribution in [0, 0.1) is 5.41 Å². The number of rotatable bonds is 3. The van der Waals surface area contributed by atoms with Crippen LogP contribution in [0.2, 0.25) is 0 Å². The molecule has 17 heavy (non-hydrogen) atoms. The van der Waals surface area contributed by atoms with E-state index in [0.717, 1.165) is 12.8 Å². The van der Waals surface area contributed by atoms with Crippen molar-refractivity contribution in [2.75, 3.05) is 26.3 Å². The van der Waals surface area contributed by atoms with Gasteiger partial charge in [0.25, 0.3) is 0 Å². The highest BCUT2D eigenvalue weighted by atomic mass is 19.3. The molecule has 0 aromatic carbocycles. The molecular weight excluding hydrogens is 232 g/mol. The van der Waals surface area contributed by atoms with Crippen LogP contribution in [0.5, 0.6) is 0 Å². The Kier molecular flexibility index (Phi) is 3.63. The van der Waals surface area contributed by atoms with E-state index in [-0.39, 0.29) is 19.0 Å². The highest BCUT2D eigenvalue weighted by Gasteiger charge is 2.43. The molecule has 0 saturated carbocycles. The molecule has 0 aliphatic carbocycles. The molecule has 98 valence electrons. The number of carbonyl (C=O) groups excluding carboxylic acids is 1. The van der Waals surface area contributed by atoms with Gasteiger partial charge in [-0.15, -0.1) is 0 Å². The van der Waals surface area contributed by atoms with E-state index in [1.807, 2.05) is 6.92 Å². The van der Waals surface area contributed by atoms with Crippen LogP contribution >= 0.6 is 0 Å². The normalized spacial score (nSPS) is 30.5. The number of likely N-dealkylation sites (tertiary alicyclic amines) is 1. The van der Waals surface area contributed by atoms with Crippen molar-refractivity contribution in [3.8, 4) is 0 Å². The summed E-state index contributed by atoms with van der Waals surface area (Å²) in [4.78, 5) is 13.7. The number of hydrogen-bond donors (Lipinski definition) is 0. The summed E-state index contributed by atoms with van der Waals surface area (Å²) in [6.45, 7) is 0.751. The summed E-state index contributed by atoms with van der Waals surface area (Å²) in [5.74, 6) is -0.00804. The van der Waals surface area contributed by atoms with E-state index in [1.165, 1.54) is 0 Å². The van der Waals surface area contributed by atoms with Gasteiger partial charge in [-0.25, -0.2) is 0 Å². The molecule has 0 bridgehead atoms. The molecule has 2 heterocycles. The molecule has 1 amide bonds. The lowest BCUT2D eigenvalue weighted by Crippen LogP contribution is -2.59. The summed E-state index contributed by atoms with van der Waals surface area (Å²) in [7, 11) is 0. The minimum atomic E-state index is -2.76. The fourth-order valence-corrected chi connectivity index (χ4v) is 2.32. The Morgan fingerprint density at radius 1 is 1.53 bits per heavy atom. The van der Waals surface area contributed by atoms with Crippen molar-refractivity contribution in [1.82, 2.24) is 4.90 Å². The third kappa shape index (κ3) is 2.74. The molecule has 0 N–H and O–H groups in total. The van der Waals surface area contributed by atoms with Gasteiger partial charge in [0.2, 0.25) is 5.91 Å². The van der Waals surface area contributed by atoms with Crippen LogP contribution in [-0.2, 0) is 14.3 Å². The Bertz CT molecular complexity index is 286. The van der Waals surface area contributed by atoms with Crippen molar-refractivity contribution in [2.24, 2.45) is 5.41 Å². The first kappa shape index (κ1) is 12.7. The smallest absolute Gasteiger partial charge is 0.345 e. The first-order valence-electron chi connectivity index (χ1n) is 5.82. The molecule has 2 aliphatic heterocycles. The third-order valence-corrected chi connectivity index (χ3v) is 3.38. The molecule has 2 rings (SSSR count). The number of hydrogen-bond acceptors (Lipinski definition) is 3. The van der Waals surface area contributed by atoms with E-state index in [2.05, 4.69) is 4.74 Å². The molecule has 1 atom stereocenters. The van der Waals surface area contributed by atoms with Gasteiger partial charge in [-0.2, -0.15) is 8.78 Å². The second-order valence-corrected chi connectivity index (χ2v) is 4.95. The third-order valence-electron chi connectivity index (χ3n) is 3.38. The molecule has 1 unspecified atom stereocenters. The van der Waals surface area contributed by atoms with Gasteiger partial charge in [0, 0.05) is 19.7 Å². The predicted molar refractivity (Wildman–Crippen MR) is 55.6 cm³/mol. The van der Waals surface area contributed by atoms with Crippen molar-refractivity contribution in [3.05, 3.63) is 0 Å². The number of ether oxygens (including phenoxy) is 2. The van der Waals surface area contributed by atoms with Gasteiger partial charge >= 0.3 is 6.61 Å². The maximum atomic E-state index is 12.1. The van der Waals surface area contributed by atoms with Gasteiger partial charge in [-0.3, -0.25) is 4.79 Å². The predicted octanol–water partition coefficient (Wildman–Crippen LogP) is 1.25. The molecule has 0 radical (unpaired) electrons. The van der Waals surface area contributed by atoms with Crippen molar-refractivity contribution >= 4 is 5.91 Å². The van der Waals surface area contributed by atoms with Gasteiger partial charge in [0.15, 0.2) is 0 Å². The van der Waals surface area contributed by atoms with Crippen LogP contribution in [0.15, 0.2) is 0 Å². The maximum Gasteiger partial charge on any atom is 0.345 e. The second-order valence-electron chi connectivity index (χ2n) is 4.95. The Hall–Kier alpha value is -0.750. The minimum Gasteiger partial charge on any atom is -0.380 e. The van der Waals surface area contributed by atoms with E-state index in [1.54, 1.807) is 4.90 Å². The zero-order chi connectivity index (χ0) is 12.5. The van der Waals surface area contributed by atoms with Crippen molar-refractivity contribution in [2.45, 2.75) is 32.5 Å². The summed E-state index contributed by atoms with van der Waals surface area (Å²) in [6, 6.07) is 0. The molecule has 0 aromatic heterocycles. The highest BCUT2D eigenvalue weighted by molar-refractivity contribution is 5.83. The zero-order valence-corrected chi connectivity index (χ0v) is 9.83. The van der Waals surface area contributed by atoms with Crippen molar-refractivity contribution in [1.29, 1.82) is 0 Å². The summed E-state index contributed by atoms with van der Waals surface area (Å²) in [5, 5.41) is 0. The van der Waals surface area contributed by atoms with Crippen molar-refractivity contribution in [3.63, 3.8) is 0 Å². The monoisotopic (exact) mass is 249 g/mol. The Labute approximate surface area is 98.9 Å². The van der Waals surface area contributed by atoms with Crippen LogP contribution in [-0.4, -0.2) is 49.8 Å². The number of amides is 1. The number of nitrogens with zero attached hydrogens (tertiary/aromatic N) is 1. The van der Waals surface area contributed by atoms with Crippen LogP contribution in [0.25, 0.3) is 0 Å². The van der Waals surface area contributed by atoms with Gasteiger partial charge in [-0.1, -0.05) is 0 Å². The lowest BCUT2D eigenvalue weighted by molar-refractivity contribution is -0.204. The first-order chi connectivity index (χ1) is 8.01. The van der Waals surface area contributed by atoms with Gasteiger partial charge in [0.1, 0.15) is 0 Å². The lowest BCUT2D eigenvalue weighted by Gasteiger charge is -2.44. The highest BCUT2D eigenvalue weighted by Crippen LogP contribution is 2.32. The SMILES string of the molecule is CC1(C(=O)N2CC(OC(F)F)C2)CCCOC1. The molecule has 6 heteroatoms. The zero-order valence-electron chi connectivity index (χ0n) is 9.83. The average Bonchev–Trinajstić information content (AvgIpc) is 2.22. The molecule has 0 aromatic rings. The van der Waals surface area contributed by atoms with E-state index in [4.69, 9.17) is 4.74 Å². The Balaban J connectivity index is 1.82. The second kappa shape index (κ2) is 4.86. The van der Waals surface area contributed by atoms with Gasteiger partial charge < -0.3 is 14.4 Å². The Morgan fingerprint density at radius 3 is 2.76 bits per heavy atom. The van der Waals surface area contributed by atoms with Gasteiger partial charge in [0.05, 0.1) is 18.1 Å².